The summed E-state index contributed by atoms with van der Waals surface area (Å²) in [5.74, 6) is 0. The van der Waals surface area contributed by atoms with Gasteiger partial charge >= 0.3 is 0 Å². The fraction of sp³-hybridized carbons (Fsp3) is 0.615. The number of piperazine rings is 1. The van der Waals surface area contributed by atoms with Crippen LogP contribution in [0.2, 0.25) is 0 Å². The minimum absolute atomic E-state index is 1.03. The molecule has 1 N–H and O–H groups in total. The van der Waals surface area contributed by atoms with Crippen LogP contribution in [-0.4, -0.2) is 49.2 Å². The lowest BCUT2D eigenvalue weighted by Crippen LogP contribution is -2.51. The van der Waals surface area contributed by atoms with Gasteiger partial charge in [0.25, 0.3) is 0 Å². The fourth-order valence-electron chi connectivity index (χ4n) is 1.70. The van der Waals surface area contributed by atoms with Crippen molar-refractivity contribution in [3.63, 3.8) is 0 Å². The first-order valence-corrected chi connectivity index (χ1v) is 6.08. The van der Waals surface area contributed by atoms with E-state index >= 15 is 0 Å². The molecule has 3 heteroatoms. The third kappa shape index (κ3) is 5.29. The largest absolute Gasteiger partial charge is 0.297 e. The topological polar surface area (TPSA) is 18.5 Å². The van der Waals surface area contributed by atoms with Crippen molar-refractivity contribution in [2.75, 3.05) is 39.3 Å². The molecule has 0 aromatic heterocycles. The molecule has 1 aliphatic heterocycles. The zero-order chi connectivity index (χ0) is 11.6. The quantitative estimate of drug-likeness (QED) is 0.540. The highest BCUT2D eigenvalue weighted by Crippen LogP contribution is 1.99. The maximum Gasteiger partial charge on any atom is 0.0259 e. The Labute approximate surface area is 99.1 Å². The highest BCUT2D eigenvalue weighted by molar-refractivity contribution is 5.01. The van der Waals surface area contributed by atoms with Crippen LogP contribution in [0.25, 0.3) is 0 Å². The van der Waals surface area contributed by atoms with Gasteiger partial charge < -0.3 is 0 Å². The van der Waals surface area contributed by atoms with Gasteiger partial charge in [0.15, 0.2) is 0 Å². The Morgan fingerprint density at radius 3 is 2.69 bits per heavy atom. The van der Waals surface area contributed by atoms with Crippen molar-refractivity contribution in [3.8, 4) is 0 Å². The van der Waals surface area contributed by atoms with Crippen LogP contribution in [0.15, 0.2) is 30.5 Å². The fourth-order valence-corrected chi connectivity index (χ4v) is 1.70. The smallest absolute Gasteiger partial charge is 0.0259 e. The average Bonchev–Trinajstić information content (AvgIpc) is 2.33. The van der Waals surface area contributed by atoms with Crippen molar-refractivity contribution >= 4 is 0 Å². The van der Waals surface area contributed by atoms with Gasteiger partial charge in [-0.25, -0.2) is 5.01 Å². The number of hydrogen-bond acceptors (Lipinski definition) is 3. The summed E-state index contributed by atoms with van der Waals surface area (Å²) in [4.78, 5) is 2.46. The van der Waals surface area contributed by atoms with E-state index in [-0.39, 0.29) is 0 Å². The number of hydrazine groups is 1. The van der Waals surface area contributed by atoms with Gasteiger partial charge in [-0.3, -0.25) is 10.3 Å². The summed E-state index contributed by atoms with van der Waals surface area (Å²) in [6, 6.07) is 0. The molecule has 1 heterocycles. The van der Waals surface area contributed by atoms with Crippen LogP contribution in [0, 0.1) is 0 Å². The summed E-state index contributed by atoms with van der Waals surface area (Å²) in [6.07, 6.45) is 7.21. The Morgan fingerprint density at radius 2 is 2.06 bits per heavy atom. The van der Waals surface area contributed by atoms with Crippen molar-refractivity contribution in [2.45, 2.75) is 13.3 Å². The third-order valence-corrected chi connectivity index (χ3v) is 2.67. The van der Waals surface area contributed by atoms with Gasteiger partial charge in [-0.15, -0.1) is 5.73 Å². The predicted octanol–water partition coefficient (Wildman–Crippen LogP) is 1.42. The maximum absolute atomic E-state index is 3.52. The molecule has 0 amide bonds. The highest BCUT2D eigenvalue weighted by Gasteiger charge is 2.14. The molecule has 3 nitrogen and oxygen atoms in total. The second kappa shape index (κ2) is 8.31. The summed E-state index contributed by atoms with van der Waals surface area (Å²) < 4.78 is 0. The number of nitrogens with one attached hydrogen (secondary N) is 1. The molecule has 0 aromatic carbocycles. The third-order valence-electron chi connectivity index (χ3n) is 2.67. The van der Waals surface area contributed by atoms with E-state index in [0.717, 1.165) is 39.3 Å². The van der Waals surface area contributed by atoms with Gasteiger partial charge in [-0.05, 0) is 12.5 Å². The lowest BCUT2D eigenvalue weighted by atomic mass is 10.3. The minimum Gasteiger partial charge on any atom is -0.297 e. The molecule has 0 aliphatic carbocycles. The number of allylic oxidation sites excluding steroid dienone is 2. The number of nitrogens with zero attached hydrogens (tertiary/aromatic N) is 2. The molecule has 0 saturated carbocycles. The molecule has 90 valence electrons. The van der Waals surface area contributed by atoms with E-state index in [4.69, 9.17) is 0 Å². The van der Waals surface area contributed by atoms with E-state index in [1.54, 1.807) is 0 Å². The van der Waals surface area contributed by atoms with Crippen molar-refractivity contribution in [1.82, 2.24) is 15.3 Å². The summed E-state index contributed by atoms with van der Waals surface area (Å²) in [6.45, 7) is 12.3. The molecule has 0 bridgehead atoms. The number of hydrogen-bond donors (Lipinski definition) is 1. The van der Waals surface area contributed by atoms with Gasteiger partial charge in [0, 0.05) is 39.3 Å². The normalized spacial score (nSPS) is 18.8. The van der Waals surface area contributed by atoms with E-state index in [1.165, 1.54) is 6.42 Å². The molecule has 0 aromatic rings. The molecule has 1 rings (SSSR count). The number of rotatable bonds is 6. The minimum atomic E-state index is 1.03. The van der Waals surface area contributed by atoms with E-state index in [9.17, 15) is 0 Å². The van der Waals surface area contributed by atoms with Crippen LogP contribution >= 0.6 is 0 Å². The molecule has 0 spiro atoms. The van der Waals surface area contributed by atoms with Crippen molar-refractivity contribution in [2.24, 2.45) is 0 Å². The molecule has 1 fully saturated rings. The van der Waals surface area contributed by atoms with Crippen LogP contribution in [0.5, 0.6) is 0 Å². The highest BCUT2D eigenvalue weighted by atomic mass is 15.5. The van der Waals surface area contributed by atoms with Gasteiger partial charge in [0.1, 0.15) is 0 Å². The lowest BCUT2D eigenvalue weighted by Gasteiger charge is -2.34. The lowest BCUT2D eigenvalue weighted by molar-refractivity contribution is 0.0968. The first-order valence-electron chi connectivity index (χ1n) is 6.08. The molecule has 0 radical (unpaired) electrons. The van der Waals surface area contributed by atoms with Crippen LogP contribution < -0.4 is 5.43 Å². The van der Waals surface area contributed by atoms with Gasteiger partial charge in [0.2, 0.25) is 0 Å². The Morgan fingerprint density at radius 1 is 1.31 bits per heavy atom. The first kappa shape index (κ1) is 13.2. The van der Waals surface area contributed by atoms with E-state index in [0.29, 0.717) is 0 Å². The van der Waals surface area contributed by atoms with Gasteiger partial charge in [-0.2, -0.15) is 0 Å². The second-order valence-corrected chi connectivity index (χ2v) is 3.99. The predicted molar refractivity (Wildman–Crippen MR) is 69.2 cm³/mol. The van der Waals surface area contributed by atoms with Crippen LogP contribution in [-0.2, 0) is 0 Å². The van der Waals surface area contributed by atoms with Gasteiger partial charge in [-0.1, -0.05) is 25.7 Å². The first-order chi connectivity index (χ1) is 7.86. The van der Waals surface area contributed by atoms with Crippen molar-refractivity contribution in [1.29, 1.82) is 0 Å². The zero-order valence-electron chi connectivity index (χ0n) is 10.3. The molecular weight excluding hydrogens is 198 g/mol. The molecule has 1 saturated heterocycles. The van der Waals surface area contributed by atoms with Gasteiger partial charge in [0.05, 0.1) is 0 Å². The standard InChI is InChI=1S/C13H23N3/c1-3-5-6-7-9-15-10-12-16(13-11-15)14-8-4-2/h5-7,14H,1,4,8-13H2,2H3/b7-6+. The Balaban J connectivity index is 2.14. The summed E-state index contributed by atoms with van der Waals surface area (Å²) in [7, 11) is 0. The van der Waals surface area contributed by atoms with E-state index in [2.05, 4.69) is 40.6 Å². The Hall–Kier alpha value is -0.860. The molecule has 16 heavy (non-hydrogen) atoms. The Bertz CT molecular complexity index is 246. The molecule has 0 atom stereocenters. The zero-order valence-corrected chi connectivity index (χ0v) is 10.3. The summed E-state index contributed by atoms with van der Waals surface area (Å²) >= 11 is 0. The van der Waals surface area contributed by atoms with E-state index in [1.807, 2.05) is 12.2 Å². The van der Waals surface area contributed by atoms with Crippen LogP contribution in [0.1, 0.15) is 13.3 Å². The van der Waals surface area contributed by atoms with E-state index < -0.39 is 0 Å². The molecular formula is C13H23N3. The summed E-state index contributed by atoms with van der Waals surface area (Å²) in [5, 5.41) is 2.33. The van der Waals surface area contributed by atoms with Crippen LogP contribution in [0.4, 0.5) is 0 Å². The molecule has 1 aliphatic rings. The average molecular weight is 221 g/mol. The Kier molecular flexibility index (Phi) is 6.86. The maximum atomic E-state index is 3.52. The monoisotopic (exact) mass is 221 g/mol. The van der Waals surface area contributed by atoms with Crippen molar-refractivity contribution < 1.29 is 0 Å². The second-order valence-electron chi connectivity index (χ2n) is 3.99. The summed E-state index contributed by atoms with van der Waals surface area (Å²) in [5.41, 5.74) is 6.17. The van der Waals surface area contributed by atoms with Crippen LogP contribution in [0.3, 0.4) is 0 Å². The molecule has 0 unspecified atom stereocenters. The van der Waals surface area contributed by atoms with Crippen molar-refractivity contribution in [3.05, 3.63) is 30.5 Å². The SMILES string of the molecule is C=C=C/C=C/CN1CCN(NCCC)CC1.